The molecule has 0 spiro atoms. The number of likely N-dealkylation sites (tertiary alicyclic amines) is 1. The van der Waals surface area contributed by atoms with Crippen LogP contribution in [-0.4, -0.2) is 41.0 Å². The number of carboxylic acids is 1. The van der Waals surface area contributed by atoms with Gasteiger partial charge in [0, 0.05) is 13.1 Å². The van der Waals surface area contributed by atoms with Crippen LogP contribution < -0.4 is 5.32 Å². The lowest BCUT2D eigenvalue weighted by atomic mass is 9.96. The molecule has 1 heterocycles. The van der Waals surface area contributed by atoms with Gasteiger partial charge in [0.1, 0.15) is 6.04 Å². The number of rotatable bonds is 7. The minimum absolute atomic E-state index is 0.119. The Hall–Kier alpha value is -1.88. The number of piperidine rings is 1. The molecule has 23 heavy (non-hydrogen) atoms. The molecule has 0 aromatic heterocycles. The number of hydrogen-bond acceptors (Lipinski definition) is 3. The van der Waals surface area contributed by atoms with Gasteiger partial charge in [0.05, 0.1) is 5.92 Å². The van der Waals surface area contributed by atoms with E-state index >= 15 is 0 Å². The van der Waals surface area contributed by atoms with E-state index < -0.39 is 12.0 Å². The molecule has 1 amide bonds. The van der Waals surface area contributed by atoms with Crippen LogP contribution in [0.1, 0.15) is 38.2 Å². The van der Waals surface area contributed by atoms with Gasteiger partial charge < -0.3 is 10.4 Å². The first kappa shape index (κ1) is 17.5. The maximum atomic E-state index is 12.4. The minimum atomic E-state index is -0.947. The van der Waals surface area contributed by atoms with Gasteiger partial charge in [-0.25, -0.2) is 4.79 Å². The Morgan fingerprint density at radius 2 is 2.09 bits per heavy atom. The predicted octanol–water partition coefficient (Wildman–Crippen LogP) is 2.27. The summed E-state index contributed by atoms with van der Waals surface area (Å²) in [6, 6.07) is 9.45. The Kier molecular flexibility index (Phi) is 6.59. The molecule has 1 aliphatic heterocycles. The summed E-state index contributed by atoms with van der Waals surface area (Å²) < 4.78 is 0. The second-order valence-electron chi connectivity index (χ2n) is 6.25. The standard InChI is InChI=1S/C18H26N2O3/c1-2-7-16(18(22)23)19-17(21)15-10-6-11-20(13-15)12-14-8-4-3-5-9-14/h3-5,8-9,15-16H,2,6-7,10-13H2,1H3,(H,19,21)(H,22,23). The molecule has 126 valence electrons. The zero-order valence-electron chi connectivity index (χ0n) is 13.7. The molecule has 5 heteroatoms. The van der Waals surface area contributed by atoms with Crippen LogP contribution in [0.2, 0.25) is 0 Å². The van der Waals surface area contributed by atoms with Crippen molar-refractivity contribution in [3.63, 3.8) is 0 Å². The summed E-state index contributed by atoms with van der Waals surface area (Å²) in [6.07, 6.45) is 3.01. The lowest BCUT2D eigenvalue weighted by Gasteiger charge is -2.32. The smallest absolute Gasteiger partial charge is 0.326 e. The van der Waals surface area contributed by atoms with Crippen LogP contribution in [0.25, 0.3) is 0 Å². The first-order valence-corrected chi connectivity index (χ1v) is 8.39. The van der Waals surface area contributed by atoms with Crippen molar-refractivity contribution in [3.05, 3.63) is 35.9 Å². The molecule has 1 aliphatic rings. The first-order valence-electron chi connectivity index (χ1n) is 8.39. The molecule has 1 aromatic carbocycles. The Bertz CT molecular complexity index is 518. The molecule has 0 aliphatic carbocycles. The van der Waals surface area contributed by atoms with Crippen LogP contribution in [0, 0.1) is 5.92 Å². The Labute approximate surface area is 137 Å². The molecule has 2 rings (SSSR count). The van der Waals surface area contributed by atoms with Gasteiger partial charge in [-0.15, -0.1) is 0 Å². The third-order valence-corrected chi connectivity index (χ3v) is 4.32. The number of carbonyl (C=O) groups is 2. The van der Waals surface area contributed by atoms with E-state index in [0.29, 0.717) is 13.0 Å². The van der Waals surface area contributed by atoms with Crippen LogP contribution >= 0.6 is 0 Å². The zero-order chi connectivity index (χ0) is 16.7. The first-order chi connectivity index (χ1) is 11.1. The largest absolute Gasteiger partial charge is 0.480 e. The van der Waals surface area contributed by atoms with Crippen LogP contribution in [0.4, 0.5) is 0 Å². The number of carbonyl (C=O) groups excluding carboxylic acids is 1. The molecule has 1 saturated heterocycles. The molecule has 2 unspecified atom stereocenters. The fourth-order valence-electron chi connectivity index (χ4n) is 3.09. The summed E-state index contributed by atoms with van der Waals surface area (Å²) in [5.41, 5.74) is 1.24. The molecule has 1 fully saturated rings. The highest BCUT2D eigenvalue weighted by Gasteiger charge is 2.28. The molecule has 1 aromatic rings. The lowest BCUT2D eigenvalue weighted by molar-refractivity contribution is -0.143. The van der Waals surface area contributed by atoms with E-state index in [0.717, 1.165) is 32.4 Å². The van der Waals surface area contributed by atoms with Crippen molar-refractivity contribution in [2.24, 2.45) is 5.92 Å². The SMILES string of the molecule is CCCC(NC(=O)C1CCCN(Cc2ccccc2)C1)C(=O)O. The van der Waals surface area contributed by atoms with E-state index in [1.807, 2.05) is 25.1 Å². The van der Waals surface area contributed by atoms with Crippen molar-refractivity contribution in [2.45, 2.75) is 45.2 Å². The fourth-order valence-corrected chi connectivity index (χ4v) is 3.09. The molecule has 2 N–H and O–H groups in total. The van der Waals surface area contributed by atoms with E-state index in [1.165, 1.54) is 5.56 Å². The average Bonchev–Trinajstić information content (AvgIpc) is 2.55. The van der Waals surface area contributed by atoms with Gasteiger partial charge in [-0.2, -0.15) is 0 Å². The van der Waals surface area contributed by atoms with E-state index in [9.17, 15) is 14.7 Å². The summed E-state index contributed by atoms with van der Waals surface area (Å²) in [5.74, 6) is -1.19. The highest BCUT2D eigenvalue weighted by Crippen LogP contribution is 2.19. The Morgan fingerprint density at radius 3 is 2.74 bits per heavy atom. The van der Waals surface area contributed by atoms with Gasteiger partial charge in [0.2, 0.25) is 5.91 Å². The third kappa shape index (κ3) is 5.36. The number of nitrogens with one attached hydrogen (secondary N) is 1. The second-order valence-corrected chi connectivity index (χ2v) is 6.25. The summed E-state index contributed by atoms with van der Waals surface area (Å²) >= 11 is 0. The monoisotopic (exact) mass is 318 g/mol. The average molecular weight is 318 g/mol. The van der Waals surface area contributed by atoms with Gasteiger partial charge in [-0.05, 0) is 31.4 Å². The quantitative estimate of drug-likeness (QED) is 0.809. The Morgan fingerprint density at radius 1 is 1.35 bits per heavy atom. The van der Waals surface area contributed by atoms with E-state index in [2.05, 4.69) is 22.3 Å². The Balaban J connectivity index is 1.89. The summed E-state index contributed by atoms with van der Waals surface area (Å²) in [4.78, 5) is 25.8. The van der Waals surface area contributed by atoms with E-state index in [-0.39, 0.29) is 11.8 Å². The molecule has 0 saturated carbocycles. The second kappa shape index (κ2) is 8.67. The third-order valence-electron chi connectivity index (χ3n) is 4.32. The van der Waals surface area contributed by atoms with Crippen molar-refractivity contribution in [2.75, 3.05) is 13.1 Å². The lowest BCUT2D eigenvalue weighted by Crippen LogP contribution is -2.48. The zero-order valence-corrected chi connectivity index (χ0v) is 13.7. The highest BCUT2D eigenvalue weighted by atomic mass is 16.4. The van der Waals surface area contributed by atoms with Gasteiger partial charge in [-0.3, -0.25) is 9.69 Å². The van der Waals surface area contributed by atoms with E-state index in [1.54, 1.807) is 0 Å². The summed E-state index contributed by atoms with van der Waals surface area (Å²) in [5, 5.41) is 11.9. The van der Waals surface area contributed by atoms with Crippen LogP contribution in [0.3, 0.4) is 0 Å². The van der Waals surface area contributed by atoms with Crippen molar-refractivity contribution in [3.8, 4) is 0 Å². The van der Waals surface area contributed by atoms with Gasteiger partial charge in [0.15, 0.2) is 0 Å². The van der Waals surface area contributed by atoms with Crippen molar-refractivity contribution >= 4 is 11.9 Å². The normalized spacial score (nSPS) is 20.0. The number of nitrogens with zero attached hydrogens (tertiary/aromatic N) is 1. The van der Waals surface area contributed by atoms with Crippen LogP contribution in [0.5, 0.6) is 0 Å². The maximum absolute atomic E-state index is 12.4. The van der Waals surface area contributed by atoms with Crippen LogP contribution in [0.15, 0.2) is 30.3 Å². The van der Waals surface area contributed by atoms with Gasteiger partial charge in [-0.1, -0.05) is 43.7 Å². The van der Waals surface area contributed by atoms with Crippen molar-refractivity contribution in [1.82, 2.24) is 10.2 Å². The highest BCUT2D eigenvalue weighted by molar-refractivity contribution is 5.85. The number of hydrogen-bond donors (Lipinski definition) is 2. The van der Waals surface area contributed by atoms with E-state index in [4.69, 9.17) is 0 Å². The summed E-state index contributed by atoms with van der Waals surface area (Å²) in [6.45, 7) is 4.43. The van der Waals surface area contributed by atoms with Gasteiger partial charge >= 0.3 is 5.97 Å². The van der Waals surface area contributed by atoms with Gasteiger partial charge in [0.25, 0.3) is 0 Å². The molecule has 0 radical (unpaired) electrons. The number of amides is 1. The molecule has 0 bridgehead atoms. The number of carboxylic acid groups (broad SMARTS) is 1. The topological polar surface area (TPSA) is 69.6 Å². The van der Waals surface area contributed by atoms with Crippen LogP contribution in [-0.2, 0) is 16.1 Å². The minimum Gasteiger partial charge on any atom is -0.480 e. The van der Waals surface area contributed by atoms with Crippen molar-refractivity contribution < 1.29 is 14.7 Å². The number of benzene rings is 1. The number of aliphatic carboxylic acids is 1. The fraction of sp³-hybridized carbons (Fsp3) is 0.556. The van der Waals surface area contributed by atoms with Crippen molar-refractivity contribution in [1.29, 1.82) is 0 Å². The predicted molar refractivity (Wildman–Crippen MR) is 88.9 cm³/mol. The molecular weight excluding hydrogens is 292 g/mol. The maximum Gasteiger partial charge on any atom is 0.326 e. The molecular formula is C18H26N2O3. The molecule has 5 nitrogen and oxygen atoms in total. The molecule has 2 atom stereocenters. The summed E-state index contributed by atoms with van der Waals surface area (Å²) in [7, 11) is 0.